The molecule has 188 valence electrons. The molecule has 1 N–H and O–H groups in total. The SMILES string of the molecule is Cc1c(/C=C2\SC(=O)N(CC(=O)Nc3ccc(Br)cc3)C2=O)c2ccccc2n1Cc1ccccc1C#N. The number of nitrogens with zero attached hydrogens (tertiary/aromatic N) is 3. The van der Waals surface area contributed by atoms with Crippen LogP contribution in [0, 0.1) is 18.3 Å². The Morgan fingerprint density at radius 1 is 1.05 bits per heavy atom. The second-order valence-electron chi connectivity index (χ2n) is 8.69. The molecule has 3 aromatic carbocycles. The zero-order valence-electron chi connectivity index (χ0n) is 20.3. The highest BCUT2D eigenvalue weighted by molar-refractivity contribution is 9.10. The van der Waals surface area contributed by atoms with Crippen molar-refractivity contribution in [2.75, 3.05) is 11.9 Å². The first-order chi connectivity index (χ1) is 18.4. The largest absolute Gasteiger partial charge is 0.340 e. The molecule has 9 heteroatoms. The Morgan fingerprint density at radius 2 is 1.76 bits per heavy atom. The molecule has 3 amide bonds. The molecular formula is C29H21BrN4O3S. The van der Waals surface area contributed by atoms with Gasteiger partial charge in [0.25, 0.3) is 11.1 Å². The van der Waals surface area contributed by atoms with E-state index in [9.17, 15) is 19.6 Å². The summed E-state index contributed by atoms with van der Waals surface area (Å²) in [5.41, 5.74) is 4.74. The van der Waals surface area contributed by atoms with Crippen molar-refractivity contribution in [3.05, 3.63) is 105 Å². The molecule has 0 aliphatic carbocycles. The number of anilines is 1. The van der Waals surface area contributed by atoms with E-state index in [4.69, 9.17) is 0 Å². The molecule has 0 radical (unpaired) electrons. The quantitative estimate of drug-likeness (QED) is 0.268. The average molecular weight is 585 g/mol. The second kappa shape index (κ2) is 10.7. The minimum absolute atomic E-state index is 0.259. The van der Waals surface area contributed by atoms with Gasteiger partial charge in [-0.25, -0.2) is 0 Å². The van der Waals surface area contributed by atoms with Gasteiger partial charge in [-0.2, -0.15) is 5.26 Å². The first-order valence-electron chi connectivity index (χ1n) is 11.7. The molecule has 4 aromatic rings. The molecule has 1 aliphatic rings. The number of carbonyl (C=O) groups is 3. The number of nitrogens with one attached hydrogen (secondary N) is 1. The molecule has 0 unspecified atom stereocenters. The second-order valence-corrected chi connectivity index (χ2v) is 10.6. The van der Waals surface area contributed by atoms with Crippen LogP contribution in [0.4, 0.5) is 10.5 Å². The van der Waals surface area contributed by atoms with Gasteiger partial charge in [0.2, 0.25) is 5.91 Å². The maximum absolute atomic E-state index is 13.2. The van der Waals surface area contributed by atoms with Crippen LogP contribution in [-0.2, 0) is 16.1 Å². The number of fused-ring (bicyclic) bond motifs is 1. The number of aromatic nitrogens is 1. The van der Waals surface area contributed by atoms with Gasteiger partial charge in [0.05, 0.1) is 16.5 Å². The van der Waals surface area contributed by atoms with Gasteiger partial charge in [-0.15, -0.1) is 0 Å². The lowest BCUT2D eigenvalue weighted by Gasteiger charge is -2.12. The third kappa shape index (κ3) is 5.01. The topological polar surface area (TPSA) is 95.2 Å². The number of rotatable bonds is 6. The van der Waals surface area contributed by atoms with E-state index in [0.29, 0.717) is 17.8 Å². The van der Waals surface area contributed by atoms with Gasteiger partial charge in [0.15, 0.2) is 0 Å². The number of halogens is 1. The van der Waals surface area contributed by atoms with Crippen LogP contribution in [0.2, 0.25) is 0 Å². The third-order valence-electron chi connectivity index (χ3n) is 6.32. The summed E-state index contributed by atoms with van der Waals surface area (Å²) in [5.74, 6) is -0.961. The Morgan fingerprint density at radius 3 is 2.53 bits per heavy atom. The molecular weight excluding hydrogens is 564 g/mol. The Balaban J connectivity index is 1.43. The van der Waals surface area contributed by atoms with E-state index in [1.54, 1.807) is 36.4 Å². The van der Waals surface area contributed by atoms with Crippen LogP contribution in [0.25, 0.3) is 17.0 Å². The number of hydrogen-bond acceptors (Lipinski definition) is 5. The molecule has 1 aliphatic heterocycles. The molecule has 7 nitrogen and oxygen atoms in total. The summed E-state index contributed by atoms with van der Waals surface area (Å²) in [6.07, 6.45) is 1.72. The lowest BCUT2D eigenvalue weighted by Crippen LogP contribution is -2.36. The van der Waals surface area contributed by atoms with E-state index in [2.05, 4.69) is 31.9 Å². The zero-order chi connectivity index (χ0) is 26.8. The van der Waals surface area contributed by atoms with Gasteiger partial charge >= 0.3 is 0 Å². The summed E-state index contributed by atoms with van der Waals surface area (Å²) in [6, 6.07) is 24.6. The van der Waals surface area contributed by atoms with Crippen molar-refractivity contribution in [2.24, 2.45) is 0 Å². The van der Waals surface area contributed by atoms with Gasteiger partial charge in [-0.3, -0.25) is 19.3 Å². The van der Waals surface area contributed by atoms with E-state index in [0.717, 1.165) is 48.9 Å². The Bertz CT molecular complexity index is 1670. The number of benzene rings is 3. The van der Waals surface area contributed by atoms with E-state index in [1.807, 2.05) is 49.4 Å². The van der Waals surface area contributed by atoms with Crippen LogP contribution >= 0.6 is 27.7 Å². The van der Waals surface area contributed by atoms with Crippen LogP contribution in [0.1, 0.15) is 22.4 Å². The van der Waals surface area contributed by atoms with Crippen molar-refractivity contribution < 1.29 is 14.4 Å². The van der Waals surface area contributed by atoms with E-state index >= 15 is 0 Å². The number of hydrogen-bond donors (Lipinski definition) is 1. The highest BCUT2D eigenvalue weighted by Gasteiger charge is 2.36. The lowest BCUT2D eigenvalue weighted by molar-refractivity contribution is -0.127. The number of thioether (sulfide) groups is 1. The lowest BCUT2D eigenvalue weighted by atomic mass is 10.1. The van der Waals surface area contributed by atoms with Gasteiger partial charge in [0, 0.05) is 38.9 Å². The average Bonchev–Trinajstić information content (AvgIpc) is 3.33. The number of amides is 3. The Kier molecular flexibility index (Phi) is 7.18. The fourth-order valence-electron chi connectivity index (χ4n) is 4.43. The van der Waals surface area contributed by atoms with Crippen molar-refractivity contribution in [3.63, 3.8) is 0 Å². The smallest absolute Gasteiger partial charge is 0.294 e. The molecule has 1 fully saturated rings. The molecule has 2 heterocycles. The van der Waals surface area contributed by atoms with Crippen LogP contribution < -0.4 is 5.32 Å². The summed E-state index contributed by atoms with van der Waals surface area (Å²) >= 11 is 4.17. The van der Waals surface area contributed by atoms with Crippen molar-refractivity contribution >= 4 is 67.4 Å². The third-order valence-corrected chi connectivity index (χ3v) is 7.76. The minimum Gasteiger partial charge on any atom is -0.340 e. The van der Waals surface area contributed by atoms with Gasteiger partial charge in [0.1, 0.15) is 6.54 Å². The first-order valence-corrected chi connectivity index (χ1v) is 13.3. The molecule has 1 aromatic heterocycles. The van der Waals surface area contributed by atoms with Crippen LogP contribution in [-0.4, -0.2) is 33.1 Å². The Labute approximate surface area is 231 Å². The van der Waals surface area contributed by atoms with E-state index in [1.165, 1.54) is 0 Å². The molecule has 1 saturated heterocycles. The number of imide groups is 1. The molecule has 0 spiro atoms. The summed E-state index contributed by atoms with van der Waals surface area (Å²) in [4.78, 5) is 39.6. The molecule has 0 saturated carbocycles. The normalized spacial score (nSPS) is 14.3. The molecule has 5 rings (SSSR count). The van der Waals surface area contributed by atoms with Crippen LogP contribution in [0.3, 0.4) is 0 Å². The minimum atomic E-state index is -0.503. The van der Waals surface area contributed by atoms with Crippen LogP contribution in [0.5, 0.6) is 0 Å². The molecule has 38 heavy (non-hydrogen) atoms. The summed E-state index contributed by atoms with van der Waals surface area (Å²) in [5, 5.41) is 12.7. The Hall–Kier alpha value is -4.13. The first kappa shape index (κ1) is 25.5. The number of carbonyl (C=O) groups excluding carboxylic acids is 3. The van der Waals surface area contributed by atoms with Crippen LogP contribution in [0.15, 0.2) is 82.2 Å². The summed E-state index contributed by atoms with van der Waals surface area (Å²) < 4.78 is 2.98. The summed E-state index contributed by atoms with van der Waals surface area (Å²) in [7, 11) is 0. The standard InChI is InChI=1S/C29H21BrN4O3S/c1-18-24(23-8-4-5-9-25(23)33(18)16-20-7-3-2-6-19(20)15-31)14-26-28(36)34(29(37)38-26)17-27(35)32-22-12-10-21(30)11-13-22/h2-14H,16-17H2,1H3,(H,32,35)/b26-14-. The van der Waals surface area contributed by atoms with Gasteiger partial charge in [-0.1, -0.05) is 52.3 Å². The highest BCUT2D eigenvalue weighted by Crippen LogP contribution is 2.36. The molecule has 0 atom stereocenters. The van der Waals surface area contributed by atoms with E-state index < -0.39 is 17.1 Å². The van der Waals surface area contributed by atoms with Gasteiger partial charge in [-0.05, 0) is 66.7 Å². The van der Waals surface area contributed by atoms with Crippen molar-refractivity contribution in [1.29, 1.82) is 5.26 Å². The predicted octanol–water partition coefficient (Wildman–Crippen LogP) is 6.31. The monoisotopic (exact) mass is 584 g/mol. The van der Waals surface area contributed by atoms with Crippen molar-refractivity contribution in [1.82, 2.24) is 9.47 Å². The highest BCUT2D eigenvalue weighted by atomic mass is 79.9. The van der Waals surface area contributed by atoms with Crippen molar-refractivity contribution in [2.45, 2.75) is 13.5 Å². The van der Waals surface area contributed by atoms with E-state index in [-0.39, 0.29) is 11.4 Å². The number of nitriles is 1. The maximum Gasteiger partial charge on any atom is 0.294 e. The fourth-order valence-corrected chi connectivity index (χ4v) is 5.51. The maximum atomic E-state index is 13.2. The number of para-hydroxylation sites is 1. The fraction of sp³-hybridized carbons (Fsp3) is 0.103. The molecule has 0 bridgehead atoms. The van der Waals surface area contributed by atoms with Gasteiger partial charge < -0.3 is 9.88 Å². The van der Waals surface area contributed by atoms with Crippen molar-refractivity contribution in [3.8, 4) is 6.07 Å². The summed E-state index contributed by atoms with van der Waals surface area (Å²) in [6.45, 7) is 2.07. The zero-order valence-corrected chi connectivity index (χ0v) is 22.7. The predicted molar refractivity (Wildman–Crippen MR) is 152 cm³/mol.